The lowest BCUT2D eigenvalue weighted by molar-refractivity contribution is -0.123. The van der Waals surface area contributed by atoms with Gasteiger partial charge in [-0.15, -0.1) is 0 Å². The Morgan fingerprint density at radius 3 is 2.27 bits per heavy atom. The molecule has 0 aromatic heterocycles. The highest BCUT2D eigenvalue weighted by Gasteiger charge is 2.64. The first kappa shape index (κ1) is 19.2. The van der Waals surface area contributed by atoms with Gasteiger partial charge in [-0.25, -0.2) is 4.90 Å². The number of carbonyl (C=O) groups is 3. The zero-order valence-corrected chi connectivity index (χ0v) is 17.6. The SMILES string of the molecule is Cc1ccc(C(=O)C2C3C(=O)N(c4ccc(C)cc4C)C(=O)C3C3CCCN32)cc1. The molecule has 0 saturated carbocycles. The minimum Gasteiger partial charge on any atom is -0.292 e. The van der Waals surface area contributed by atoms with Crippen LogP contribution >= 0.6 is 0 Å². The Labute approximate surface area is 176 Å². The second-order valence-corrected chi connectivity index (χ2v) is 8.98. The van der Waals surface area contributed by atoms with Crippen LogP contribution in [0.2, 0.25) is 0 Å². The Morgan fingerprint density at radius 2 is 1.57 bits per heavy atom. The van der Waals surface area contributed by atoms with Crippen molar-refractivity contribution in [2.45, 2.75) is 45.7 Å². The number of Topliss-reactive ketones (excluding diaryl/α,β-unsaturated/α-hetero) is 1. The number of aryl methyl sites for hydroxylation is 3. The molecule has 5 nitrogen and oxygen atoms in total. The van der Waals surface area contributed by atoms with E-state index in [9.17, 15) is 14.4 Å². The van der Waals surface area contributed by atoms with Crippen molar-refractivity contribution in [2.75, 3.05) is 11.4 Å². The molecule has 30 heavy (non-hydrogen) atoms. The Morgan fingerprint density at radius 1 is 0.900 bits per heavy atom. The summed E-state index contributed by atoms with van der Waals surface area (Å²) in [5.74, 6) is -1.44. The predicted octanol–water partition coefficient (Wildman–Crippen LogP) is 3.45. The zero-order valence-electron chi connectivity index (χ0n) is 17.6. The minimum atomic E-state index is -0.600. The third-order valence-electron chi connectivity index (χ3n) is 7.05. The van der Waals surface area contributed by atoms with E-state index in [-0.39, 0.29) is 23.6 Å². The highest BCUT2D eigenvalue weighted by Crippen LogP contribution is 2.48. The van der Waals surface area contributed by atoms with E-state index in [4.69, 9.17) is 0 Å². The molecule has 2 aromatic carbocycles. The summed E-state index contributed by atoms with van der Waals surface area (Å²) in [5.41, 5.74) is 4.34. The van der Waals surface area contributed by atoms with Gasteiger partial charge >= 0.3 is 0 Å². The largest absolute Gasteiger partial charge is 0.292 e. The average molecular weight is 402 g/mol. The van der Waals surface area contributed by atoms with E-state index in [1.54, 1.807) is 0 Å². The van der Waals surface area contributed by atoms with Gasteiger partial charge in [0.1, 0.15) is 0 Å². The van der Waals surface area contributed by atoms with E-state index < -0.39 is 17.9 Å². The summed E-state index contributed by atoms with van der Waals surface area (Å²) in [6.45, 7) is 6.67. The number of anilines is 1. The summed E-state index contributed by atoms with van der Waals surface area (Å²) in [6, 6.07) is 12.7. The Hall–Kier alpha value is -2.79. The maximum Gasteiger partial charge on any atom is 0.239 e. The fraction of sp³-hybridized carbons (Fsp3) is 0.400. The number of ketones is 1. The molecule has 2 aromatic rings. The third kappa shape index (κ3) is 2.68. The second kappa shape index (κ2) is 6.88. The summed E-state index contributed by atoms with van der Waals surface area (Å²) in [6.07, 6.45) is 1.81. The van der Waals surface area contributed by atoms with E-state index in [0.29, 0.717) is 11.3 Å². The molecule has 3 saturated heterocycles. The molecule has 4 atom stereocenters. The number of hydrogen-bond acceptors (Lipinski definition) is 4. The molecular weight excluding hydrogens is 376 g/mol. The molecule has 0 radical (unpaired) electrons. The average Bonchev–Trinajstić information content (AvgIpc) is 3.35. The molecule has 154 valence electrons. The van der Waals surface area contributed by atoms with Crippen LogP contribution in [0.1, 0.15) is 39.9 Å². The van der Waals surface area contributed by atoms with Gasteiger partial charge in [-0.3, -0.25) is 19.3 Å². The normalized spacial score (nSPS) is 28.2. The maximum atomic E-state index is 13.6. The molecular formula is C25H26N2O3. The molecule has 4 unspecified atom stereocenters. The van der Waals surface area contributed by atoms with Gasteiger partial charge in [-0.05, 0) is 51.8 Å². The van der Waals surface area contributed by atoms with E-state index in [1.165, 1.54) is 4.90 Å². The van der Waals surface area contributed by atoms with Crippen molar-refractivity contribution in [1.29, 1.82) is 0 Å². The molecule has 3 aliphatic rings. The Balaban J connectivity index is 1.56. The predicted molar refractivity (Wildman–Crippen MR) is 114 cm³/mol. The van der Waals surface area contributed by atoms with E-state index in [0.717, 1.165) is 36.1 Å². The van der Waals surface area contributed by atoms with Crippen LogP contribution in [0.5, 0.6) is 0 Å². The molecule has 0 spiro atoms. The van der Waals surface area contributed by atoms with Crippen LogP contribution in [-0.2, 0) is 9.59 Å². The number of imide groups is 1. The topological polar surface area (TPSA) is 57.7 Å². The van der Waals surface area contributed by atoms with Gasteiger partial charge in [0.2, 0.25) is 11.8 Å². The summed E-state index contributed by atoms with van der Waals surface area (Å²) in [4.78, 5) is 44.1. The number of carbonyl (C=O) groups excluding carboxylic acids is 3. The highest BCUT2D eigenvalue weighted by molar-refractivity contribution is 6.24. The molecule has 5 heteroatoms. The van der Waals surface area contributed by atoms with Crippen molar-refractivity contribution in [3.63, 3.8) is 0 Å². The van der Waals surface area contributed by atoms with Gasteiger partial charge in [0.05, 0.1) is 23.6 Å². The minimum absolute atomic E-state index is 0.0263. The fourth-order valence-corrected chi connectivity index (χ4v) is 5.70. The van der Waals surface area contributed by atoms with Crippen LogP contribution in [-0.4, -0.2) is 41.1 Å². The van der Waals surface area contributed by atoms with E-state index in [2.05, 4.69) is 4.90 Å². The first-order valence-electron chi connectivity index (χ1n) is 10.7. The van der Waals surface area contributed by atoms with E-state index in [1.807, 2.05) is 63.2 Å². The van der Waals surface area contributed by atoms with Crippen LogP contribution in [0.25, 0.3) is 0 Å². The van der Waals surface area contributed by atoms with Crippen molar-refractivity contribution in [2.24, 2.45) is 11.8 Å². The van der Waals surface area contributed by atoms with Crippen LogP contribution in [0.15, 0.2) is 42.5 Å². The second-order valence-electron chi connectivity index (χ2n) is 8.98. The number of fused-ring (bicyclic) bond motifs is 3. The molecule has 3 heterocycles. The van der Waals surface area contributed by atoms with Crippen molar-refractivity contribution in [3.8, 4) is 0 Å². The quantitative estimate of drug-likeness (QED) is 0.583. The molecule has 5 rings (SSSR count). The lowest BCUT2D eigenvalue weighted by Crippen LogP contribution is -2.46. The van der Waals surface area contributed by atoms with Gasteiger partial charge in [0, 0.05) is 11.6 Å². The summed E-state index contributed by atoms with van der Waals surface area (Å²) in [5, 5.41) is 0. The number of hydrogen-bond donors (Lipinski definition) is 0. The number of rotatable bonds is 3. The molecule has 3 aliphatic heterocycles. The molecule has 0 bridgehead atoms. The molecule has 0 N–H and O–H groups in total. The smallest absolute Gasteiger partial charge is 0.239 e. The Kier molecular flexibility index (Phi) is 4.40. The van der Waals surface area contributed by atoms with Crippen molar-refractivity contribution in [1.82, 2.24) is 4.90 Å². The van der Waals surface area contributed by atoms with Gasteiger partial charge < -0.3 is 0 Å². The highest BCUT2D eigenvalue weighted by atomic mass is 16.2. The van der Waals surface area contributed by atoms with Gasteiger partial charge in [-0.1, -0.05) is 47.5 Å². The number of amides is 2. The van der Waals surface area contributed by atoms with Gasteiger partial charge in [0.15, 0.2) is 5.78 Å². The van der Waals surface area contributed by atoms with Crippen molar-refractivity contribution < 1.29 is 14.4 Å². The summed E-state index contributed by atoms with van der Waals surface area (Å²) >= 11 is 0. The van der Waals surface area contributed by atoms with E-state index >= 15 is 0 Å². The third-order valence-corrected chi connectivity index (χ3v) is 7.05. The summed E-state index contributed by atoms with van der Waals surface area (Å²) in [7, 11) is 0. The number of nitrogens with zero attached hydrogens (tertiary/aromatic N) is 2. The van der Waals surface area contributed by atoms with Crippen LogP contribution in [0, 0.1) is 32.6 Å². The van der Waals surface area contributed by atoms with Crippen LogP contribution in [0.4, 0.5) is 5.69 Å². The first-order valence-corrected chi connectivity index (χ1v) is 10.7. The maximum absolute atomic E-state index is 13.6. The number of benzene rings is 2. The van der Waals surface area contributed by atoms with Crippen LogP contribution in [0.3, 0.4) is 0 Å². The van der Waals surface area contributed by atoms with Gasteiger partial charge in [0.25, 0.3) is 0 Å². The summed E-state index contributed by atoms with van der Waals surface area (Å²) < 4.78 is 0. The lowest BCUT2D eigenvalue weighted by atomic mass is 9.85. The lowest BCUT2D eigenvalue weighted by Gasteiger charge is -2.28. The zero-order chi connectivity index (χ0) is 21.2. The Bertz CT molecular complexity index is 1060. The van der Waals surface area contributed by atoms with Gasteiger partial charge in [-0.2, -0.15) is 0 Å². The monoisotopic (exact) mass is 402 g/mol. The fourth-order valence-electron chi connectivity index (χ4n) is 5.70. The van der Waals surface area contributed by atoms with Crippen molar-refractivity contribution >= 4 is 23.3 Å². The standard InChI is InChI=1S/C25H26N2O3/c1-14-6-9-17(10-7-14)23(28)22-21-20(19-5-4-12-26(19)22)24(29)27(25(21)30)18-11-8-15(2)13-16(18)3/h6-11,13,19-22H,4-5,12H2,1-3H3. The molecule has 0 aliphatic carbocycles. The van der Waals surface area contributed by atoms with Crippen molar-refractivity contribution in [3.05, 3.63) is 64.7 Å². The molecule has 2 amide bonds. The first-order chi connectivity index (χ1) is 14.4. The van der Waals surface area contributed by atoms with Crippen LogP contribution < -0.4 is 4.90 Å². The molecule has 3 fully saturated rings.